The molecule has 0 spiro atoms. The molecule has 0 bridgehead atoms. The van der Waals surface area contributed by atoms with Gasteiger partial charge in [-0.2, -0.15) is 18.3 Å². The third-order valence-electron chi connectivity index (χ3n) is 2.68. The van der Waals surface area contributed by atoms with Crippen molar-refractivity contribution >= 4 is 5.97 Å². The maximum atomic E-state index is 12.9. The number of nitrogens with zero attached hydrogens (tertiary/aromatic N) is 2. The van der Waals surface area contributed by atoms with E-state index in [-0.39, 0.29) is 5.69 Å². The molecule has 2 rings (SSSR count). The molecule has 0 saturated carbocycles. The van der Waals surface area contributed by atoms with Crippen molar-refractivity contribution in [2.45, 2.75) is 12.6 Å². The van der Waals surface area contributed by atoms with Crippen LogP contribution in [0.3, 0.4) is 0 Å². The van der Waals surface area contributed by atoms with Crippen molar-refractivity contribution in [2.24, 2.45) is 0 Å². The first-order valence-electron chi connectivity index (χ1n) is 5.49. The molecule has 0 amide bonds. The summed E-state index contributed by atoms with van der Waals surface area (Å²) < 4.78 is 63.7. The number of carboxylic acid groups (broad SMARTS) is 1. The van der Waals surface area contributed by atoms with Crippen molar-refractivity contribution in [1.82, 2.24) is 9.78 Å². The van der Waals surface area contributed by atoms with Crippen molar-refractivity contribution in [3.8, 4) is 5.69 Å². The van der Waals surface area contributed by atoms with E-state index in [1.54, 1.807) is 0 Å². The van der Waals surface area contributed by atoms with Crippen LogP contribution in [-0.2, 0) is 6.18 Å². The van der Waals surface area contributed by atoms with Gasteiger partial charge in [0.1, 0.15) is 11.3 Å². The van der Waals surface area contributed by atoms with Gasteiger partial charge in [0.15, 0.2) is 0 Å². The lowest BCUT2D eigenvalue weighted by molar-refractivity contribution is -0.137. The van der Waals surface area contributed by atoms with Crippen LogP contribution in [-0.4, -0.2) is 20.9 Å². The lowest BCUT2D eigenvalue weighted by Crippen LogP contribution is -2.08. The van der Waals surface area contributed by atoms with Gasteiger partial charge in [-0.1, -0.05) is 0 Å². The van der Waals surface area contributed by atoms with Gasteiger partial charge >= 0.3 is 12.1 Å². The van der Waals surface area contributed by atoms with Gasteiger partial charge in [0.05, 0.1) is 17.4 Å². The quantitative estimate of drug-likeness (QED) is 0.883. The number of rotatable bonds is 3. The van der Waals surface area contributed by atoms with Crippen LogP contribution < -0.4 is 0 Å². The number of alkyl halides is 5. The van der Waals surface area contributed by atoms with Crippen LogP contribution in [0.25, 0.3) is 5.69 Å². The Kier molecular flexibility index (Phi) is 3.67. The molecule has 9 heteroatoms. The molecule has 0 atom stereocenters. The second-order valence-electron chi connectivity index (χ2n) is 4.01. The van der Waals surface area contributed by atoms with Gasteiger partial charge < -0.3 is 5.11 Å². The van der Waals surface area contributed by atoms with Crippen LogP contribution in [0.2, 0.25) is 0 Å². The van der Waals surface area contributed by atoms with Crippen LogP contribution in [0.15, 0.2) is 30.5 Å². The average molecular weight is 306 g/mol. The molecule has 0 fully saturated rings. The van der Waals surface area contributed by atoms with Crippen LogP contribution >= 0.6 is 0 Å². The average Bonchev–Trinajstić information content (AvgIpc) is 2.82. The number of hydrogen-bond acceptors (Lipinski definition) is 2. The predicted molar refractivity (Wildman–Crippen MR) is 60.5 cm³/mol. The second kappa shape index (κ2) is 5.15. The molecular formula is C12H7F5N2O2. The van der Waals surface area contributed by atoms with Crippen molar-refractivity contribution < 1.29 is 31.9 Å². The maximum Gasteiger partial charge on any atom is 0.416 e. The molecule has 0 radical (unpaired) electrons. The molecule has 4 nitrogen and oxygen atoms in total. The molecule has 0 unspecified atom stereocenters. The molecule has 2 aromatic rings. The molecule has 0 aliphatic rings. The van der Waals surface area contributed by atoms with E-state index < -0.39 is 35.4 Å². The number of hydrogen-bond donors (Lipinski definition) is 1. The predicted octanol–water partition coefficient (Wildman–Crippen LogP) is 3.53. The highest BCUT2D eigenvalue weighted by Crippen LogP contribution is 2.31. The topological polar surface area (TPSA) is 55.1 Å². The van der Waals surface area contributed by atoms with Crippen molar-refractivity contribution in [1.29, 1.82) is 0 Å². The summed E-state index contributed by atoms with van der Waals surface area (Å²) in [6, 6.07) is 3.28. The van der Waals surface area contributed by atoms with Crippen LogP contribution in [0.4, 0.5) is 22.0 Å². The fourth-order valence-corrected chi connectivity index (χ4v) is 1.73. The van der Waals surface area contributed by atoms with Gasteiger partial charge in [-0.15, -0.1) is 0 Å². The zero-order valence-electron chi connectivity index (χ0n) is 10.1. The second-order valence-corrected chi connectivity index (χ2v) is 4.01. The monoisotopic (exact) mass is 306 g/mol. The Morgan fingerprint density at radius 1 is 1.19 bits per heavy atom. The van der Waals surface area contributed by atoms with Crippen LogP contribution in [0.5, 0.6) is 0 Å². The molecule has 0 aliphatic carbocycles. The van der Waals surface area contributed by atoms with E-state index in [2.05, 4.69) is 5.10 Å². The summed E-state index contributed by atoms with van der Waals surface area (Å²) in [7, 11) is 0. The first-order chi connectivity index (χ1) is 9.71. The minimum atomic E-state index is -4.56. The Morgan fingerprint density at radius 2 is 1.76 bits per heavy atom. The van der Waals surface area contributed by atoms with E-state index in [1.807, 2.05) is 0 Å². The maximum absolute atomic E-state index is 12.9. The third-order valence-corrected chi connectivity index (χ3v) is 2.68. The summed E-state index contributed by atoms with van der Waals surface area (Å²) in [5, 5.41) is 12.3. The molecule has 0 saturated heterocycles. The first kappa shape index (κ1) is 14.9. The molecule has 1 aromatic carbocycles. The Hall–Kier alpha value is -2.45. The minimum absolute atomic E-state index is 0.0919. The van der Waals surface area contributed by atoms with Gasteiger partial charge in [-0.25, -0.2) is 18.3 Å². The summed E-state index contributed by atoms with van der Waals surface area (Å²) in [6.45, 7) is 0. The number of carbonyl (C=O) groups is 1. The lowest BCUT2D eigenvalue weighted by atomic mass is 10.2. The number of carboxylic acids is 1. The molecule has 112 valence electrons. The molecule has 1 heterocycles. The Balaban J connectivity index is 2.50. The molecule has 0 aliphatic heterocycles. The van der Waals surface area contributed by atoms with Crippen molar-refractivity contribution in [3.05, 3.63) is 47.3 Å². The normalized spacial score (nSPS) is 11.9. The summed E-state index contributed by atoms with van der Waals surface area (Å²) in [5.74, 6) is -1.59. The van der Waals surface area contributed by atoms with Gasteiger partial charge in [0.25, 0.3) is 6.43 Å². The van der Waals surface area contributed by atoms with Gasteiger partial charge in [-0.3, -0.25) is 0 Å². The first-order valence-corrected chi connectivity index (χ1v) is 5.49. The van der Waals surface area contributed by atoms with E-state index in [4.69, 9.17) is 5.11 Å². The summed E-state index contributed by atoms with van der Waals surface area (Å²) in [5.41, 5.74) is -2.63. The summed E-state index contributed by atoms with van der Waals surface area (Å²) >= 11 is 0. The smallest absolute Gasteiger partial charge is 0.416 e. The van der Waals surface area contributed by atoms with Crippen molar-refractivity contribution in [3.63, 3.8) is 0 Å². The summed E-state index contributed by atoms with van der Waals surface area (Å²) in [4.78, 5) is 10.8. The molecular weight excluding hydrogens is 299 g/mol. The Bertz CT molecular complexity index is 661. The lowest BCUT2D eigenvalue weighted by Gasteiger charge is -2.10. The zero-order valence-corrected chi connectivity index (χ0v) is 10.1. The van der Waals surface area contributed by atoms with E-state index in [0.717, 1.165) is 18.3 Å². The standard InChI is InChI=1S/C12H7F5N2O2/c13-10(14)9-8(11(20)21)5-18-19(9)7-3-1-6(2-4-7)12(15,16)17/h1-5,10H,(H,20,21). The van der Waals surface area contributed by atoms with Crippen LogP contribution in [0, 0.1) is 0 Å². The highest BCUT2D eigenvalue weighted by atomic mass is 19.4. The summed E-state index contributed by atoms with van der Waals surface area (Å²) in [6.07, 6.45) is -6.97. The van der Waals surface area contributed by atoms with E-state index >= 15 is 0 Å². The Labute approximate surface area is 114 Å². The SMILES string of the molecule is O=C(O)c1cnn(-c2ccc(C(F)(F)F)cc2)c1C(F)F. The fourth-order valence-electron chi connectivity index (χ4n) is 1.73. The number of halogens is 5. The zero-order chi connectivity index (χ0) is 15.8. The number of benzene rings is 1. The minimum Gasteiger partial charge on any atom is -0.478 e. The van der Waals surface area contributed by atoms with Crippen molar-refractivity contribution in [2.75, 3.05) is 0 Å². The van der Waals surface area contributed by atoms with Crippen LogP contribution in [0.1, 0.15) is 28.0 Å². The van der Waals surface area contributed by atoms with Gasteiger partial charge in [0.2, 0.25) is 0 Å². The van der Waals surface area contributed by atoms with E-state index in [9.17, 15) is 26.7 Å². The molecule has 21 heavy (non-hydrogen) atoms. The van der Waals surface area contributed by atoms with E-state index in [1.165, 1.54) is 0 Å². The number of aromatic carboxylic acids is 1. The number of aromatic nitrogens is 2. The molecule has 1 aromatic heterocycles. The van der Waals surface area contributed by atoms with Gasteiger partial charge in [-0.05, 0) is 24.3 Å². The molecule has 1 N–H and O–H groups in total. The largest absolute Gasteiger partial charge is 0.478 e. The van der Waals surface area contributed by atoms with Gasteiger partial charge in [0, 0.05) is 0 Å². The van der Waals surface area contributed by atoms with E-state index in [0.29, 0.717) is 16.8 Å². The third kappa shape index (κ3) is 2.86. The highest BCUT2D eigenvalue weighted by molar-refractivity contribution is 5.88. The highest BCUT2D eigenvalue weighted by Gasteiger charge is 2.30. The Morgan fingerprint density at radius 3 is 2.19 bits per heavy atom. The fraction of sp³-hybridized carbons (Fsp3) is 0.167.